The molecule has 0 saturated carbocycles. The van der Waals surface area contributed by atoms with Gasteiger partial charge in [0.05, 0.1) is 10.6 Å². The van der Waals surface area contributed by atoms with E-state index in [-0.39, 0.29) is 17.3 Å². The highest BCUT2D eigenvalue weighted by atomic mass is 32.2. The van der Waals surface area contributed by atoms with Crippen LogP contribution in [0, 0.1) is 12.7 Å². The Morgan fingerprint density at radius 2 is 1.54 bits per heavy atom. The van der Waals surface area contributed by atoms with E-state index in [1.165, 1.54) is 29.2 Å². The molecular weight excluding hydrogens is 541 g/mol. The van der Waals surface area contributed by atoms with Crippen molar-refractivity contribution in [3.8, 4) is 0 Å². The van der Waals surface area contributed by atoms with Crippen molar-refractivity contribution in [1.82, 2.24) is 10.2 Å². The summed E-state index contributed by atoms with van der Waals surface area (Å²) >= 11 is 0. The zero-order chi connectivity index (χ0) is 30.4. The van der Waals surface area contributed by atoms with Crippen LogP contribution in [-0.2, 0) is 32.6 Å². The van der Waals surface area contributed by atoms with E-state index in [2.05, 4.69) is 5.32 Å². The number of anilines is 1. The number of nitrogens with one attached hydrogen (secondary N) is 1. The number of benzene rings is 3. The molecule has 2 amide bonds. The average molecular weight is 582 g/mol. The quantitative estimate of drug-likeness (QED) is 0.319. The van der Waals surface area contributed by atoms with E-state index >= 15 is 0 Å². The van der Waals surface area contributed by atoms with Crippen LogP contribution >= 0.6 is 0 Å². The van der Waals surface area contributed by atoms with E-state index in [4.69, 9.17) is 0 Å². The van der Waals surface area contributed by atoms with Gasteiger partial charge < -0.3 is 10.2 Å². The van der Waals surface area contributed by atoms with Crippen LogP contribution in [0.2, 0.25) is 0 Å². The van der Waals surface area contributed by atoms with Gasteiger partial charge in [-0.3, -0.25) is 13.9 Å². The van der Waals surface area contributed by atoms with Crippen LogP contribution in [-0.4, -0.2) is 43.3 Å². The second-order valence-electron chi connectivity index (χ2n) is 11.1. The SMILES string of the molecule is CCc1ccccc1N(CC(=O)N(Cc1ccc(F)cc1)[C@H](CC)C(=O)NC(C)(C)C)S(=O)(=O)c1ccc(C)cc1. The minimum Gasteiger partial charge on any atom is -0.350 e. The summed E-state index contributed by atoms with van der Waals surface area (Å²) in [4.78, 5) is 29.0. The molecule has 1 N–H and O–H groups in total. The van der Waals surface area contributed by atoms with Crippen LogP contribution in [0.1, 0.15) is 57.7 Å². The molecule has 9 heteroatoms. The minimum absolute atomic E-state index is 0.00300. The van der Waals surface area contributed by atoms with Crippen molar-refractivity contribution in [3.63, 3.8) is 0 Å². The van der Waals surface area contributed by atoms with Crippen LogP contribution in [0.15, 0.2) is 77.7 Å². The number of sulfonamides is 1. The molecule has 0 aliphatic heterocycles. The Morgan fingerprint density at radius 3 is 2.10 bits per heavy atom. The predicted octanol–water partition coefficient (Wildman–Crippen LogP) is 5.61. The van der Waals surface area contributed by atoms with Gasteiger partial charge in [0, 0.05) is 12.1 Å². The van der Waals surface area contributed by atoms with Crippen molar-refractivity contribution >= 4 is 27.5 Å². The number of halogens is 1. The van der Waals surface area contributed by atoms with Crippen LogP contribution in [0.5, 0.6) is 0 Å². The topological polar surface area (TPSA) is 86.8 Å². The predicted molar refractivity (Wildman–Crippen MR) is 160 cm³/mol. The van der Waals surface area contributed by atoms with Crippen LogP contribution in [0.4, 0.5) is 10.1 Å². The summed E-state index contributed by atoms with van der Waals surface area (Å²) in [6.07, 6.45) is 0.847. The zero-order valence-electron chi connectivity index (χ0n) is 24.6. The van der Waals surface area contributed by atoms with E-state index in [0.29, 0.717) is 24.1 Å². The second-order valence-corrected chi connectivity index (χ2v) is 13.0. The number of hydrogen-bond acceptors (Lipinski definition) is 4. The largest absolute Gasteiger partial charge is 0.350 e. The molecular formula is C32H40FN3O4S. The fourth-order valence-electron chi connectivity index (χ4n) is 4.56. The van der Waals surface area contributed by atoms with Gasteiger partial charge in [-0.25, -0.2) is 12.8 Å². The molecule has 0 bridgehead atoms. The highest BCUT2D eigenvalue weighted by Gasteiger charge is 2.35. The summed E-state index contributed by atoms with van der Waals surface area (Å²) < 4.78 is 42.9. The number of carbonyl (C=O) groups excluding carboxylic acids is 2. The van der Waals surface area contributed by atoms with Crippen molar-refractivity contribution in [2.24, 2.45) is 0 Å². The first kappa shape index (κ1) is 31.8. The Balaban J connectivity index is 2.10. The fraction of sp³-hybridized carbons (Fsp3) is 0.375. The summed E-state index contributed by atoms with van der Waals surface area (Å²) in [5.41, 5.74) is 2.14. The lowest BCUT2D eigenvalue weighted by Crippen LogP contribution is -2.55. The van der Waals surface area contributed by atoms with Crippen LogP contribution in [0.25, 0.3) is 0 Å². The first-order chi connectivity index (χ1) is 19.3. The van der Waals surface area contributed by atoms with Gasteiger partial charge in [0.25, 0.3) is 10.0 Å². The van der Waals surface area contributed by atoms with E-state index in [1.807, 2.05) is 46.8 Å². The molecule has 0 radical (unpaired) electrons. The van der Waals surface area contributed by atoms with Gasteiger partial charge in [0.1, 0.15) is 18.4 Å². The molecule has 1 atom stereocenters. The van der Waals surface area contributed by atoms with Gasteiger partial charge in [0.2, 0.25) is 11.8 Å². The first-order valence-electron chi connectivity index (χ1n) is 13.8. The first-order valence-corrected chi connectivity index (χ1v) is 15.2. The summed E-state index contributed by atoms with van der Waals surface area (Å²) in [5, 5.41) is 2.94. The summed E-state index contributed by atoms with van der Waals surface area (Å²) in [6.45, 7) is 10.6. The van der Waals surface area contributed by atoms with Crippen molar-refractivity contribution in [1.29, 1.82) is 0 Å². The molecule has 0 spiro atoms. The number of para-hydroxylation sites is 1. The van der Waals surface area contributed by atoms with Crippen LogP contribution in [0.3, 0.4) is 0 Å². The third kappa shape index (κ3) is 8.16. The van der Waals surface area contributed by atoms with Crippen molar-refractivity contribution in [2.45, 2.75) is 77.4 Å². The molecule has 3 aromatic carbocycles. The van der Waals surface area contributed by atoms with Gasteiger partial charge >= 0.3 is 0 Å². The minimum atomic E-state index is -4.16. The lowest BCUT2D eigenvalue weighted by molar-refractivity contribution is -0.141. The molecule has 0 aliphatic rings. The maximum Gasteiger partial charge on any atom is 0.264 e. The third-order valence-electron chi connectivity index (χ3n) is 6.68. The fourth-order valence-corrected chi connectivity index (χ4v) is 6.01. The van der Waals surface area contributed by atoms with E-state index in [0.717, 1.165) is 15.4 Å². The number of rotatable bonds is 11. The number of carbonyl (C=O) groups is 2. The monoisotopic (exact) mass is 581 g/mol. The molecule has 0 aromatic heterocycles. The van der Waals surface area contributed by atoms with E-state index < -0.39 is 39.9 Å². The third-order valence-corrected chi connectivity index (χ3v) is 8.45. The molecule has 7 nitrogen and oxygen atoms in total. The Hall–Kier alpha value is -3.72. The van der Waals surface area contributed by atoms with Crippen molar-refractivity contribution in [2.75, 3.05) is 10.8 Å². The Labute approximate surface area is 243 Å². The van der Waals surface area contributed by atoms with E-state index in [1.54, 1.807) is 43.3 Å². The molecule has 0 fully saturated rings. The van der Waals surface area contributed by atoms with Crippen molar-refractivity contribution in [3.05, 3.63) is 95.3 Å². The van der Waals surface area contributed by atoms with Gasteiger partial charge in [-0.15, -0.1) is 0 Å². The van der Waals surface area contributed by atoms with Crippen molar-refractivity contribution < 1.29 is 22.4 Å². The smallest absolute Gasteiger partial charge is 0.264 e. The summed E-state index contributed by atoms with van der Waals surface area (Å²) in [5.74, 6) is -1.32. The summed E-state index contributed by atoms with van der Waals surface area (Å²) in [6, 6.07) is 18.4. The molecule has 0 aliphatic carbocycles. The lowest BCUT2D eigenvalue weighted by Gasteiger charge is -2.35. The molecule has 0 unspecified atom stereocenters. The normalized spacial score (nSPS) is 12.5. The summed E-state index contributed by atoms with van der Waals surface area (Å²) in [7, 11) is -4.16. The van der Waals surface area contributed by atoms with Gasteiger partial charge in [0.15, 0.2) is 0 Å². The Kier molecular flexibility index (Phi) is 10.3. The molecule has 0 heterocycles. The number of aryl methyl sites for hydroxylation is 2. The zero-order valence-corrected chi connectivity index (χ0v) is 25.5. The lowest BCUT2D eigenvalue weighted by atomic mass is 10.1. The van der Waals surface area contributed by atoms with Gasteiger partial charge in [-0.05, 0) is 82.0 Å². The highest BCUT2D eigenvalue weighted by Crippen LogP contribution is 2.28. The van der Waals surface area contributed by atoms with Gasteiger partial charge in [-0.1, -0.05) is 61.9 Å². The maximum absolute atomic E-state index is 14.2. The molecule has 41 heavy (non-hydrogen) atoms. The molecule has 3 aromatic rings. The number of amides is 2. The standard InChI is InChI=1S/C32H40FN3O4S/c1-7-25-11-9-10-12-29(25)36(41(39,40)27-19-13-23(3)14-20-27)22-30(37)35(21-24-15-17-26(33)18-16-24)28(8-2)31(38)34-32(4,5)6/h9-20,28H,7-8,21-22H2,1-6H3,(H,34,38)/t28-/m1/s1. The Morgan fingerprint density at radius 1 is 0.927 bits per heavy atom. The number of hydrogen-bond donors (Lipinski definition) is 1. The average Bonchev–Trinajstić information content (AvgIpc) is 2.91. The molecule has 3 rings (SSSR count). The molecule has 220 valence electrons. The molecule has 0 saturated heterocycles. The second kappa shape index (κ2) is 13.3. The van der Waals surface area contributed by atoms with Crippen LogP contribution < -0.4 is 9.62 Å². The maximum atomic E-state index is 14.2. The van der Waals surface area contributed by atoms with Gasteiger partial charge in [-0.2, -0.15) is 0 Å². The Bertz CT molecular complexity index is 1450. The number of nitrogens with zero attached hydrogens (tertiary/aromatic N) is 2. The highest BCUT2D eigenvalue weighted by molar-refractivity contribution is 7.92. The van der Waals surface area contributed by atoms with E-state index in [9.17, 15) is 22.4 Å².